The maximum atomic E-state index is 12.8. The molecule has 0 unspecified atom stereocenters. The first kappa shape index (κ1) is 14.0. The van der Waals surface area contributed by atoms with E-state index >= 15 is 0 Å². The van der Waals surface area contributed by atoms with Gasteiger partial charge in [0.25, 0.3) is 0 Å². The van der Waals surface area contributed by atoms with Crippen molar-refractivity contribution < 1.29 is 9.18 Å². The van der Waals surface area contributed by atoms with Gasteiger partial charge in [0.15, 0.2) is 0 Å². The Labute approximate surface area is 114 Å². The molecule has 2 rings (SSSR count). The van der Waals surface area contributed by atoms with E-state index in [1.165, 1.54) is 25.0 Å². The van der Waals surface area contributed by atoms with Crippen LogP contribution in [0.5, 0.6) is 0 Å². The van der Waals surface area contributed by atoms with Gasteiger partial charge in [0.2, 0.25) is 5.91 Å². The van der Waals surface area contributed by atoms with Gasteiger partial charge in [0, 0.05) is 20.1 Å². The Morgan fingerprint density at radius 1 is 1.26 bits per heavy atom. The van der Waals surface area contributed by atoms with Crippen molar-refractivity contribution in [2.24, 2.45) is 0 Å². The zero-order valence-electron chi connectivity index (χ0n) is 11.4. The minimum absolute atomic E-state index is 0.0887. The average Bonchev–Trinajstić information content (AvgIpc) is 2.91. The van der Waals surface area contributed by atoms with Crippen LogP contribution in [0.1, 0.15) is 18.4 Å². The number of carbonyl (C=O) groups is 1. The first-order valence-corrected chi connectivity index (χ1v) is 6.86. The molecule has 0 bridgehead atoms. The number of halogens is 1. The molecule has 0 saturated carbocycles. The first-order valence-electron chi connectivity index (χ1n) is 6.86. The summed E-state index contributed by atoms with van der Waals surface area (Å²) in [6.45, 7) is 4.02. The van der Waals surface area contributed by atoms with Gasteiger partial charge in [-0.05, 0) is 43.6 Å². The second kappa shape index (κ2) is 6.66. The summed E-state index contributed by atoms with van der Waals surface area (Å²) < 4.78 is 12.8. The maximum Gasteiger partial charge on any atom is 0.226 e. The third kappa shape index (κ3) is 4.31. The van der Waals surface area contributed by atoms with Crippen LogP contribution in [0.3, 0.4) is 0 Å². The van der Waals surface area contributed by atoms with E-state index in [9.17, 15) is 9.18 Å². The lowest BCUT2D eigenvalue weighted by molar-refractivity contribution is -0.129. The number of hydrogen-bond donors (Lipinski definition) is 0. The Hall–Kier alpha value is -1.42. The fraction of sp³-hybridized carbons (Fsp3) is 0.533. The van der Waals surface area contributed by atoms with Crippen LogP contribution in [-0.4, -0.2) is 48.9 Å². The summed E-state index contributed by atoms with van der Waals surface area (Å²) >= 11 is 0. The van der Waals surface area contributed by atoms with Crippen LogP contribution < -0.4 is 0 Å². The molecular formula is C15H21FN2O. The highest BCUT2D eigenvalue weighted by atomic mass is 19.1. The number of benzene rings is 1. The molecule has 4 heteroatoms. The highest BCUT2D eigenvalue weighted by Crippen LogP contribution is 2.08. The quantitative estimate of drug-likeness (QED) is 0.811. The van der Waals surface area contributed by atoms with Crippen molar-refractivity contribution in [3.8, 4) is 0 Å². The van der Waals surface area contributed by atoms with Crippen LogP contribution in [0, 0.1) is 5.82 Å². The van der Waals surface area contributed by atoms with E-state index in [1.807, 2.05) is 7.05 Å². The smallest absolute Gasteiger partial charge is 0.226 e. The van der Waals surface area contributed by atoms with Crippen molar-refractivity contribution in [3.63, 3.8) is 0 Å². The number of rotatable bonds is 5. The van der Waals surface area contributed by atoms with Gasteiger partial charge in [0.05, 0.1) is 6.42 Å². The predicted molar refractivity (Wildman–Crippen MR) is 73.4 cm³/mol. The summed E-state index contributed by atoms with van der Waals surface area (Å²) in [5.41, 5.74) is 0.861. The van der Waals surface area contributed by atoms with E-state index in [4.69, 9.17) is 0 Å². The Balaban J connectivity index is 1.76. The minimum Gasteiger partial charge on any atom is -0.344 e. The van der Waals surface area contributed by atoms with E-state index < -0.39 is 0 Å². The van der Waals surface area contributed by atoms with Gasteiger partial charge in [-0.15, -0.1) is 0 Å². The average molecular weight is 264 g/mol. The number of carbonyl (C=O) groups excluding carboxylic acids is 1. The number of likely N-dealkylation sites (N-methyl/N-ethyl adjacent to an activating group) is 1. The monoisotopic (exact) mass is 264 g/mol. The van der Waals surface area contributed by atoms with Crippen LogP contribution in [-0.2, 0) is 11.2 Å². The topological polar surface area (TPSA) is 23.6 Å². The molecule has 0 N–H and O–H groups in total. The molecule has 19 heavy (non-hydrogen) atoms. The van der Waals surface area contributed by atoms with E-state index in [2.05, 4.69) is 4.90 Å². The minimum atomic E-state index is -0.265. The van der Waals surface area contributed by atoms with Crippen molar-refractivity contribution in [2.45, 2.75) is 19.3 Å². The lowest BCUT2D eigenvalue weighted by atomic mass is 10.1. The molecule has 1 heterocycles. The number of hydrogen-bond acceptors (Lipinski definition) is 2. The molecule has 104 valence electrons. The first-order chi connectivity index (χ1) is 9.15. The SMILES string of the molecule is CN(CCN1CCCC1)C(=O)Cc1ccc(F)cc1. The summed E-state index contributed by atoms with van der Waals surface area (Å²) in [6.07, 6.45) is 2.89. The Morgan fingerprint density at radius 3 is 2.53 bits per heavy atom. The summed E-state index contributed by atoms with van der Waals surface area (Å²) in [5.74, 6) is -0.176. The summed E-state index contributed by atoms with van der Waals surface area (Å²) in [7, 11) is 1.84. The van der Waals surface area contributed by atoms with Gasteiger partial charge in [-0.1, -0.05) is 12.1 Å². The molecule has 1 aliphatic rings. The largest absolute Gasteiger partial charge is 0.344 e. The highest BCUT2D eigenvalue weighted by Gasteiger charge is 2.14. The molecule has 1 amide bonds. The second-order valence-electron chi connectivity index (χ2n) is 5.17. The molecule has 0 radical (unpaired) electrons. The van der Waals surface area contributed by atoms with Crippen LogP contribution in [0.25, 0.3) is 0 Å². The summed E-state index contributed by atoms with van der Waals surface area (Å²) in [4.78, 5) is 16.2. The fourth-order valence-electron chi connectivity index (χ4n) is 2.33. The third-order valence-electron chi connectivity index (χ3n) is 3.64. The zero-order valence-corrected chi connectivity index (χ0v) is 11.4. The van der Waals surface area contributed by atoms with Gasteiger partial charge in [-0.25, -0.2) is 4.39 Å². The second-order valence-corrected chi connectivity index (χ2v) is 5.17. The van der Waals surface area contributed by atoms with Gasteiger partial charge in [-0.2, -0.15) is 0 Å². The van der Waals surface area contributed by atoms with Gasteiger partial charge < -0.3 is 9.80 Å². The zero-order chi connectivity index (χ0) is 13.7. The van der Waals surface area contributed by atoms with E-state index in [-0.39, 0.29) is 11.7 Å². The van der Waals surface area contributed by atoms with Gasteiger partial charge in [0.1, 0.15) is 5.82 Å². The summed E-state index contributed by atoms with van der Waals surface area (Å²) in [5, 5.41) is 0. The molecule has 1 aromatic carbocycles. The summed E-state index contributed by atoms with van der Waals surface area (Å²) in [6, 6.07) is 6.13. The molecule has 1 saturated heterocycles. The van der Waals surface area contributed by atoms with Gasteiger partial charge >= 0.3 is 0 Å². The lowest BCUT2D eigenvalue weighted by Crippen LogP contribution is -2.35. The normalized spacial score (nSPS) is 15.7. The van der Waals surface area contributed by atoms with Crippen LogP contribution in [0.15, 0.2) is 24.3 Å². The van der Waals surface area contributed by atoms with E-state index in [1.54, 1.807) is 17.0 Å². The van der Waals surface area contributed by atoms with Crippen molar-refractivity contribution in [1.82, 2.24) is 9.80 Å². The number of nitrogens with zero attached hydrogens (tertiary/aromatic N) is 2. The molecule has 3 nitrogen and oxygen atoms in total. The fourth-order valence-corrected chi connectivity index (χ4v) is 2.33. The van der Waals surface area contributed by atoms with Crippen molar-refractivity contribution in [2.75, 3.05) is 33.2 Å². The number of likely N-dealkylation sites (tertiary alicyclic amines) is 1. The van der Waals surface area contributed by atoms with Gasteiger partial charge in [-0.3, -0.25) is 4.79 Å². The van der Waals surface area contributed by atoms with Crippen LogP contribution in [0.4, 0.5) is 4.39 Å². The van der Waals surface area contributed by atoms with E-state index in [0.29, 0.717) is 6.42 Å². The maximum absolute atomic E-state index is 12.8. The highest BCUT2D eigenvalue weighted by molar-refractivity contribution is 5.78. The molecule has 1 aliphatic heterocycles. The molecule has 1 aromatic rings. The molecule has 0 aromatic heterocycles. The number of amides is 1. The Kier molecular flexibility index (Phi) is 4.91. The third-order valence-corrected chi connectivity index (χ3v) is 3.64. The lowest BCUT2D eigenvalue weighted by Gasteiger charge is -2.21. The standard InChI is InChI=1S/C15H21FN2O/c1-17(10-11-18-8-2-3-9-18)15(19)12-13-4-6-14(16)7-5-13/h4-7H,2-3,8-12H2,1H3. The molecule has 1 fully saturated rings. The van der Waals surface area contributed by atoms with E-state index in [0.717, 1.165) is 31.7 Å². The molecular weight excluding hydrogens is 243 g/mol. The Morgan fingerprint density at radius 2 is 1.89 bits per heavy atom. The van der Waals surface area contributed by atoms with Crippen molar-refractivity contribution in [3.05, 3.63) is 35.6 Å². The molecule has 0 spiro atoms. The predicted octanol–water partition coefficient (Wildman–Crippen LogP) is 1.92. The van der Waals surface area contributed by atoms with Crippen LogP contribution in [0.2, 0.25) is 0 Å². The van der Waals surface area contributed by atoms with Crippen LogP contribution >= 0.6 is 0 Å². The Bertz CT molecular complexity index is 413. The van der Waals surface area contributed by atoms with Crippen molar-refractivity contribution >= 4 is 5.91 Å². The molecule has 0 atom stereocenters. The van der Waals surface area contributed by atoms with Crippen molar-refractivity contribution in [1.29, 1.82) is 0 Å². The molecule has 0 aliphatic carbocycles.